The molecule has 0 radical (unpaired) electrons. The average Bonchev–Trinajstić information content (AvgIpc) is 2.77. The molecule has 0 atom stereocenters. The molecule has 162 valence electrons. The minimum atomic E-state index is -3.44. The molecule has 30 heavy (non-hydrogen) atoms. The number of hydrogen-bond donors (Lipinski definition) is 1. The molecule has 0 aliphatic carbocycles. The van der Waals surface area contributed by atoms with E-state index >= 15 is 0 Å². The van der Waals surface area contributed by atoms with E-state index in [-0.39, 0.29) is 34.4 Å². The summed E-state index contributed by atoms with van der Waals surface area (Å²) in [7, 11) is -2.00. The van der Waals surface area contributed by atoms with Crippen LogP contribution in [0.15, 0.2) is 53.4 Å². The topological polar surface area (TPSA) is 81.7 Å². The first-order valence-corrected chi connectivity index (χ1v) is 11.5. The smallest absolute Gasteiger partial charge is 0.251 e. The van der Waals surface area contributed by atoms with E-state index < -0.39 is 9.84 Å². The molecule has 1 saturated heterocycles. The van der Waals surface area contributed by atoms with Crippen molar-refractivity contribution in [2.24, 2.45) is 0 Å². The second-order valence-electron chi connectivity index (χ2n) is 7.42. The number of hydrogen-bond acceptors (Lipinski definition) is 5. The van der Waals surface area contributed by atoms with Crippen molar-refractivity contribution < 1.29 is 27.1 Å². The van der Waals surface area contributed by atoms with Gasteiger partial charge in [0.1, 0.15) is 5.82 Å². The summed E-state index contributed by atoms with van der Waals surface area (Å²) in [6.45, 7) is 1.64. The number of sulfone groups is 1. The summed E-state index contributed by atoms with van der Waals surface area (Å²) in [6, 6.07) is 12.2. The Kier molecular flexibility index (Phi) is 7.23. The highest BCUT2D eigenvalue weighted by Crippen LogP contribution is 2.34. The number of rotatable bonds is 8. The highest BCUT2D eigenvalue weighted by molar-refractivity contribution is 7.91. The first-order valence-electron chi connectivity index (χ1n) is 9.80. The molecule has 0 saturated carbocycles. The van der Waals surface area contributed by atoms with Crippen LogP contribution in [-0.2, 0) is 24.7 Å². The van der Waals surface area contributed by atoms with E-state index in [1.54, 1.807) is 12.1 Å². The number of ether oxygens (including phenoxy) is 2. The van der Waals surface area contributed by atoms with Gasteiger partial charge in [-0.25, -0.2) is 12.8 Å². The van der Waals surface area contributed by atoms with Gasteiger partial charge in [0.25, 0.3) is 5.91 Å². The molecule has 3 rings (SSSR count). The van der Waals surface area contributed by atoms with E-state index in [0.29, 0.717) is 25.3 Å². The lowest BCUT2D eigenvalue weighted by atomic mass is 9.74. The Bertz CT molecular complexity index is 952. The number of benzene rings is 2. The molecule has 6 nitrogen and oxygen atoms in total. The zero-order valence-corrected chi connectivity index (χ0v) is 17.7. The van der Waals surface area contributed by atoms with Gasteiger partial charge in [0.05, 0.1) is 17.3 Å². The molecule has 1 aliphatic rings. The molecule has 0 bridgehead atoms. The first kappa shape index (κ1) is 22.4. The lowest BCUT2D eigenvalue weighted by Crippen LogP contribution is -2.44. The second kappa shape index (κ2) is 9.68. The summed E-state index contributed by atoms with van der Waals surface area (Å²) < 4.78 is 48.1. The highest BCUT2D eigenvalue weighted by Gasteiger charge is 2.35. The minimum absolute atomic E-state index is 0.111. The number of carbonyl (C=O) groups is 1. The normalized spacial score (nSPS) is 16.2. The fraction of sp³-hybridized carbons (Fsp3) is 0.409. The zero-order valence-electron chi connectivity index (χ0n) is 16.9. The largest absolute Gasteiger partial charge is 0.384 e. The molecule has 2 aromatic carbocycles. The van der Waals surface area contributed by atoms with Crippen molar-refractivity contribution in [3.05, 3.63) is 65.5 Å². The van der Waals surface area contributed by atoms with Crippen molar-refractivity contribution in [1.82, 2.24) is 5.32 Å². The van der Waals surface area contributed by atoms with Crippen LogP contribution < -0.4 is 5.32 Å². The number of amides is 1. The van der Waals surface area contributed by atoms with Gasteiger partial charge in [-0.15, -0.1) is 0 Å². The van der Waals surface area contributed by atoms with Crippen LogP contribution in [0.5, 0.6) is 0 Å². The van der Waals surface area contributed by atoms with E-state index in [0.717, 1.165) is 18.4 Å². The standard InChI is InChI=1S/C22H26FNO5S/c1-28-14-15-30(26,27)20-8-2-17(3-9-20)21(25)24-16-22(10-12-29-13-11-22)18-4-6-19(23)7-5-18/h2-9H,10-16H2,1H3,(H,24,25). The molecule has 2 aromatic rings. The number of methoxy groups -OCH3 is 1. The molecule has 1 fully saturated rings. The fourth-order valence-electron chi connectivity index (χ4n) is 3.61. The van der Waals surface area contributed by atoms with Crippen LogP contribution in [0, 0.1) is 5.82 Å². The van der Waals surface area contributed by atoms with E-state index in [1.165, 1.54) is 43.5 Å². The van der Waals surface area contributed by atoms with Crippen molar-refractivity contribution >= 4 is 15.7 Å². The highest BCUT2D eigenvalue weighted by atomic mass is 32.2. The van der Waals surface area contributed by atoms with Gasteiger partial charge in [0.15, 0.2) is 9.84 Å². The Labute approximate surface area is 176 Å². The lowest BCUT2D eigenvalue weighted by molar-refractivity contribution is 0.0487. The lowest BCUT2D eigenvalue weighted by Gasteiger charge is -2.38. The monoisotopic (exact) mass is 435 g/mol. The molecule has 1 N–H and O–H groups in total. The molecule has 0 aromatic heterocycles. The Morgan fingerprint density at radius 2 is 1.73 bits per heavy atom. The van der Waals surface area contributed by atoms with E-state index in [4.69, 9.17) is 9.47 Å². The third-order valence-electron chi connectivity index (χ3n) is 5.53. The predicted octanol–water partition coefficient (Wildman–Crippen LogP) is 2.72. The maximum Gasteiger partial charge on any atom is 0.251 e. The molecule has 1 amide bonds. The molecule has 1 heterocycles. The second-order valence-corrected chi connectivity index (χ2v) is 9.53. The van der Waals surface area contributed by atoms with Gasteiger partial charge in [-0.1, -0.05) is 12.1 Å². The van der Waals surface area contributed by atoms with Crippen LogP contribution in [0.1, 0.15) is 28.8 Å². The summed E-state index contributed by atoms with van der Waals surface area (Å²) in [5.74, 6) is -0.702. The number of halogens is 1. The Hall–Kier alpha value is -2.29. The van der Waals surface area contributed by atoms with Crippen LogP contribution in [0.2, 0.25) is 0 Å². The van der Waals surface area contributed by atoms with Crippen LogP contribution in [0.4, 0.5) is 4.39 Å². The van der Waals surface area contributed by atoms with Gasteiger partial charge in [-0.3, -0.25) is 4.79 Å². The Morgan fingerprint density at radius 1 is 1.10 bits per heavy atom. The Balaban J connectivity index is 1.70. The van der Waals surface area contributed by atoms with Gasteiger partial charge in [-0.05, 0) is 54.8 Å². The quantitative estimate of drug-likeness (QED) is 0.690. The van der Waals surface area contributed by atoms with Crippen molar-refractivity contribution in [2.45, 2.75) is 23.2 Å². The number of nitrogens with one attached hydrogen (secondary N) is 1. The number of carbonyl (C=O) groups excluding carboxylic acids is 1. The molecule has 1 aliphatic heterocycles. The average molecular weight is 436 g/mol. The maximum absolute atomic E-state index is 13.4. The van der Waals surface area contributed by atoms with E-state index in [9.17, 15) is 17.6 Å². The van der Waals surface area contributed by atoms with Crippen molar-refractivity contribution in [3.63, 3.8) is 0 Å². The van der Waals surface area contributed by atoms with Crippen molar-refractivity contribution in [3.8, 4) is 0 Å². The summed E-state index contributed by atoms with van der Waals surface area (Å²) in [5.41, 5.74) is 1.01. The summed E-state index contributed by atoms with van der Waals surface area (Å²) in [6.07, 6.45) is 1.44. The Morgan fingerprint density at radius 3 is 2.33 bits per heavy atom. The third-order valence-corrected chi connectivity index (χ3v) is 7.22. The SMILES string of the molecule is COCCS(=O)(=O)c1ccc(C(=O)NCC2(c3ccc(F)cc3)CCOCC2)cc1. The summed E-state index contributed by atoms with van der Waals surface area (Å²) in [5, 5.41) is 2.96. The minimum Gasteiger partial charge on any atom is -0.384 e. The predicted molar refractivity (Wildman–Crippen MR) is 111 cm³/mol. The van der Waals surface area contributed by atoms with Crippen LogP contribution in [0.25, 0.3) is 0 Å². The van der Waals surface area contributed by atoms with Crippen molar-refractivity contribution in [2.75, 3.05) is 39.2 Å². The van der Waals surface area contributed by atoms with Gasteiger partial charge in [0.2, 0.25) is 0 Å². The van der Waals surface area contributed by atoms with Crippen LogP contribution >= 0.6 is 0 Å². The van der Waals surface area contributed by atoms with Crippen molar-refractivity contribution in [1.29, 1.82) is 0 Å². The molecule has 0 spiro atoms. The third kappa shape index (κ3) is 5.24. The van der Waals surface area contributed by atoms with Gasteiger partial charge in [0, 0.05) is 37.8 Å². The first-order chi connectivity index (χ1) is 14.4. The van der Waals surface area contributed by atoms with Gasteiger partial charge >= 0.3 is 0 Å². The zero-order chi connectivity index (χ0) is 21.6. The molecule has 0 unspecified atom stereocenters. The van der Waals surface area contributed by atoms with E-state index in [2.05, 4.69) is 5.32 Å². The van der Waals surface area contributed by atoms with Gasteiger partial charge in [-0.2, -0.15) is 0 Å². The summed E-state index contributed by atoms with van der Waals surface area (Å²) >= 11 is 0. The van der Waals surface area contributed by atoms with Crippen LogP contribution in [0.3, 0.4) is 0 Å². The van der Waals surface area contributed by atoms with Gasteiger partial charge < -0.3 is 14.8 Å². The molecular weight excluding hydrogens is 409 g/mol. The van der Waals surface area contributed by atoms with Crippen LogP contribution in [-0.4, -0.2) is 53.6 Å². The summed E-state index contributed by atoms with van der Waals surface area (Å²) in [4.78, 5) is 12.8. The fourth-order valence-corrected chi connectivity index (χ4v) is 4.78. The maximum atomic E-state index is 13.4. The molecule has 8 heteroatoms. The van der Waals surface area contributed by atoms with E-state index in [1.807, 2.05) is 0 Å². The molecular formula is C22H26FNO5S.